The van der Waals surface area contributed by atoms with Crippen molar-refractivity contribution in [1.82, 2.24) is 0 Å². The van der Waals surface area contributed by atoms with Gasteiger partial charge in [0.1, 0.15) is 5.75 Å². The molecule has 1 aliphatic heterocycles. The van der Waals surface area contributed by atoms with E-state index in [0.717, 1.165) is 10.0 Å². The average molecular weight is 368 g/mol. The van der Waals surface area contributed by atoms with Gasteiger partial charge in [-0.2, -0.15) is 0 Å². The van der Waals surface area contributed by atoms with E-state index in [1.54, 1.807) is 23.1 Å². The molecule has 0 spiro atoms. The smallest absolute Gasteiger partial charge is 0.265 e. The number of carbonyl (C=O) groups excluding carboxylic acids is 1. The largest absolute Gasteiger partial charge is 0.482 e. The highest BCUT2D eigenvalue weighted by atomic mass is 79.9. The summed E-state index contributed by atoms with van der Waals surface area (Å²) >= 11 is 9.50. The normalized spacial score (nSPS) is 13.8. The van der Waals surface area contributed by atoms with Crippen LogP contribution in [0.1, 0.15) is 5.56 Å². The third kappa shape index (κ3) is 2.84. The third-order valence-electron chi connectivity index (χ3n) is 3.27. The molecule has 1 aliphatic rings. The first-order chi connectivity index (χ1) is 10.0. The van der Waals surface area contributed by atoms with Gasteiger partial charge in [0.25, 0.3) is 5.91 Å². The maximum absolute atomic E-state index is 12.2. The highest BCUT2D eigenvalue weighted by Crippen LogP contribution is 2.36. The fraction of sp³-hybridized carbons (Fsp3) is 0.133. The van der Waals surface area contributed by atoms with Gasteiger partial charge in [-0.15, -0.1) is 0 Å². The Hall–Kier alpha value is -1.72. The van der Waals surface area contributed by atoms with Crippen LogP contribution in [0.15, 0.2) is 40.9 Å². The summed E-state index contributed by atoms with van der Waals surface area (Å²) in [6, 6.07) is 10.8. The number of amides is 1. The van der Waals surface area contributed by atoms with Crippen molar-refractivity contribution in [3.05, 3.63) is 51.5 Å². The van der Waals surface area contributed by atoms with Crippen LogP contribution in [0.25, 0.3) is 0 Å². The van der Waals surface area contributed by atoms with E-state index < -0.39 is 0 Å². The molecule has 3 rings (SSSR count). The minimum atomic E-state index is -0.103. The van der Waals surface area contributed by atoms with Crippen LogP contribution < -0.4 is 15.4 Å². The molecular formula is C15H12BrClN2O2. The lowest BCUT2D eigenvalue weighted by molar-refractivity contribution is -0.121. The van der Waals surface area contributed by atoms with Crippen LogP contribution >= 0.6 is 27.5 Å². The van der Waals surface area contributed by atoms with Gasteiger partial charge < -0.3 is 15.4 Å². The second kappa shape index (κ2) is 5.58. The van der Waals surface area contributed by atoms with Crippen molar-refractivity contribution >= 4 is 44.8 Å². The zero-order valence-electron chi connectivity index (χ0n) is 11.0. The fourth-order valence-electron chi connectivity index (χ4n) is 2.21. The molecule has 1 heterocycles. The van der Waals surface area contributed by atoms with Gasteiger partial charge in [0, 0.05) is 15.2 Å². The summed E-state index contributed by atoms with van der Waals surface area (Å²) in [6.45, 7) is 0.456. The van der Waals surface area contributed by atoms with Crippen LogP contribution in [0, 0.1) is 0 Å². The topological polar surface area (TPSA) is 55.6 Å². The van der Waals surface area contributed by atoms with Crippen LogP contribution in [0.4, 0.5) is 11.4 Å². The predicted octanol–water partition coefficient (Wildman–Crippen LogP) is 3.61. The Bertz CT molecular complexity index is 721. The van der Waals surface area contributed by atoms with Crippen molar-refractivity contribution in [3.8, 4) is 5.75 Å². The minimum Gasteiger partial charge on any atom is -0.482 e. The quantitative estimate of drug-likeness (QED) is 0.825. The van der Waals surface area contributed by atoms with E-state index >= 15 is 0 Å². The molecule has 0 bridgehead atoms. The van der Waals surface area contributed by atoms with Crippen LogP contribution in [-0.2, 0) is 11.3 Å². The van der Waals surface area contributed by atoms with E-state index in [4.69, 9.17) is 22.1 Å². The number of fused-ring (bicyclic) bond motifs is 1. The zero-order valence-corrected chi connectivity index (χ0v) is 13.3. The number of hydrogen-bond donors (Lipinski definition) is 1. The number of nitrogens with zero attached hydrogens (tertiary/aromatic N) is 1. The first-order valence-corrected chi connectivity index (χ1v) is 7.48. The Balaban J connectivity index is 1.98. The number of anilines is 2. The number of ether oxygens (including phenoxy) is 1. The van der Waals surface area contributed by atoms with Crippen molar-refractivity contribution < 1.29 is 9.53 Å². The molecule has 2 aromatic carbocycles. The van der Waals surface area contributed by atoms with Gasteiger partial charge in [-0.05, 0) is 35.9 Å². The molecule has 2 aromatic rings. The molecule has 0 atom stereocenters. The van der Waals surface area contributed by atoms with Gasteiger partial charge in [-0.1, -0.05) is 33.6 Å². The summed E-state index contributed by atoms with van der Waals surface area (Å²) in [6.07, 6.45) is 0. The maximum Gasteiger partial charge on any atom is 0.265 e. The summed E-state index contributed by atoms with van der Waals surface area (Å²) in [5.41, 5.74) is 8.05. The Kier molecular flexibility index (Phi) is 3.78. The summed E-state index contributed by atoms with van der Waals surface area (Å²) in [7, 11) is 0. The summed E-state index contributed by atoms with van der Waals surface area (Å²) < 4.78 is 6.29. The van der Waals surface area contributed by atoms with Gasteiger partial charge in [-0.25, -0.2) is 0 Å². The molecule has 0 unspecified atom stereocenters. The van der Waals surface area contributed by atoms with Crippen LogP contribution in [-0.4, -0.2) is 12.5 Å². The fourth-order valence-corrected chi connectivity index (χ4v) is 2.90. The number of nitrogen functional groups attached to an aromatic ring is 1. The predicted molar refractivity (Wildman–Crippen MR) is 86.7 cm³/mol. The second-order valence-corrected chi connectivity index (χ2v) is 6.02. The van der Waals surface area contributed by atoms with Crippen LogP contribution in [0.2, 0.25) is 5.02 Å². The van der Waals surface area contributed by atoms with Crippen molar-refractivity contribution in [2.45, 2.75) is 6.54 Å². The molecule has 0 aliphatic carbocycles. The number of hydrogen-bond acceptors (Lipinski definition) is 3. The average Bonchev–Trinajstić information content (AvgIpc) is 2.44. The molecule has 0 saturated heterocycles. The van der Waals surface area contributed by atoms with E-state index in [2.05, 4.69) is 15.9 Å². The third-order valence-corrected chi connectivity index (χ3v) is 4.24. The lowest BCUT2D eigenvalue weighted by atomic mass is 10.1. The van der Waals surface area contributed by atoms with E-state index in [9.17, 15) is 4.79 Å². The molecule has 0 radical (unpaired) electrons. The highest BCUT2D eigenvalue weighted by Gasteiger charge is 2.26. The van der Waals surface area contributed by atoms with Crippen molar-refractivity contribution in [2.24, 2.45) is 0 Å². The lowest BCUT2D eigenvalue weighted by Crippen LogP contribution is -2.38. The van der Waals surface area contributed by atoms with E-state index in [1.807, 2.05) is 18.2 Å². The molecule has 108 valence electrons. The molecule has 0 fully saturated rings. The standard InChI is InChI=1S/C15H12BrClN2O2/c16-12-6-11(18)3-1-9(12)7-19-13-5-10(17)2-4-14(13)21-8-15(19)20/h1-6H,7-8,18H2. The van der Waals surface area contributed by atoms with Gasteiger partial charge >= 0.3 is 0 Å². The molecular weight excluding hydrogens is 356 g/mol. The molecule has 4 nitrogen and oxygen atoms in total. The Morgan fingerprint density at radius 1 is 1.29 bits per heavy atom. The van der Waals surface area contributed by atoms with E-state index in [-0.39, 0.29) is 12.5 Å². The number of rotatable bonds is 2. The van der Waals surface area contributed by atoms with Crippen LogP contribution in [0.5, 0.6) is 5.75 Å². The lowest BCUT2D eigenvalue weighted by Gasteiger charge is -2.29. The molecule has 6 heteroatoms. The van der Waals surface area contributed by atoms with Gasteiger partial charge in [0.15, 0.2) is 6.61 Å². The number of benzene rings is 2. The Morgan fingerprint density at radius 3 is 2.86 bits per heavy atom. The van der Waals surface area contributed by atoms with Crippen molar-refractivity contribution in [1.29, 1.82) is 0 Å². The zero-order chi connectivity index (χ0) is 15.0. The maximum atomic E-state index is 12.2. The molecule has 2 N–H and O–H groups in total. The summed E-state index contributed by atoms with van der Waals surface area (Å²) in [5, 5.41) is 0.563. The molecule has 1 amide bonds. The Morgan fingerprint density at radius 2 is 2.10 bits per heavy atom. The highest BCUT2D eigenvalue weighted by molar-refractivity contribution is 9.10. The van der Waals surface area contributed by atoms with Gasteiger partial charge in [-0.3, -0.25) is 4.79 Å². The second-order valence-electron chi connectivity index (χ2n) is 4.73. The molecule has 0 aromatic heterocycles. The number of halogens is 2. The molecule has 21 heavy (non-hydrogen) atoms. The van der Waals surface area contributed by atoms with Crippen LogP contribution in [0.3, 0.4) is 0 Å². The first kappa shape index (κ1) is 14.2. The van der Waals surface area contributed by atoms with Gasteiger partial charge in [0.2, 0.25) is 0 Å². The SMILES string of the molecule is Nc1ccc(CN2C(=O)COc3ccc(Cl)cc32)c(Br)c1. The van der Waals surface area contributed by atoms with E-state index in [1.165, 1.54) is 0 Å². The monoisotopic (exact) mass is 366 g/mol. The van der Waals surface area contributed by atoms with E-state index in [0.29, 0.717) is 28.7 Å². The van der Waals surface area contributed by atoms with Gasteiger partial charge in [0.05, 0.1) is 12.2 Å². The number of carbonyl (C=O) groups is 1. The Labute approximate surface area is 135 Å². The van der Waals surface area contributed by atoms with Crippen molar-refractivity contribution in [2.75, 3.05) is 17.2 Å². The summed E-state index contributed by atoms with van der Waals surface area (Å²) in [4.78, 5) is 13.8. The van der Waals surface area contributed by atoms with Crippen molar-refractivity contribution in [3.63, 3.8) is 0 Å². The first-order valence-electron chi connectivity index (χ1n) is 6.31. The minimum absolute atomic E-state index is 0.0290. The number of nitrogens with two attached hydrogens (primary N) is 1. The summed E-state index contributed by atoms with van der Waals surface area (Å²) in [5.74, 6) is 0.555. The molecule has 0 saturated carbocycles.